The van der Waals surface area contributed by atoms with Crippen LogP contribution in [0.5, 0.6) is 0 Å². The number of benzene rings is 2. The molecule has 2 aromatic heterocycles. The van der Waals surface area contributed by atoms with Crippen LogP contribution in [0.15, 0.2) is 67.0 Å². The summed E-state index contributed by atoms with van der Waals surface area (Å²) in [5, 5.41) is 2.61. The lowest BCUT2D eigenvalue weighted by atomic mass is 10.2. The number of nitrogens with zero attached hydrogens (tertiary/aromatic N) is 2. The Morgan fingerprint density at radius 3 is 2.33 bits per heavy atom. The molecule has 2 heteroatoms. The highest BCUT2D eigenvalue weighted by molar-refractivity contribution is 6.07. The molecule has 4 rings (SSSR count). The molecule has 0 atom stereocenters. The maximum atomic E-state index is 2.26. The third-order valence-corrected chi connectivity index (χ3v) is 4.19. The first-order chi connectivity index (χ1) is 10.2. The van der Waals surface area contributed by atoms with Crippen LogP contribution in [0, 0.1) is 6.92 Å². The molecule has 0 saturated heterocycles. The van der Waals surface area contributed by atoms with Gasteiger partial charge in [0.2, 0.25) is 5.69 Å². The van der Waals surface area contributed by atoms with Gasteiger partial charge in [0.05, 0.1) is 0 Å². The van der Waals surface area contributed by atoms with Crippen LogP contribution in [-0.4, -0.2) is 4.57 Å². The minimum Gasteiger partial charge on any atom is -0.339 e. The van der Waals surface area contributed by atoms with Crippen molar-refractivity contribution in [3.05, 3.63) is 72.6 Å². The molecule has 4 aromatic rings. The first-order valence-corrected chi connectivity index (χ1v) is 7.19. The van der Waals surface area contributed by atoms with Gasteiger partial charge in [0, 0.05) is 41.5 Å². The van der Waals surface area contributed by atoms with Gasteiger partial charge in [-0.2, -0.15) is 4.57 Å². The highest BCUT2D eigenvalue weighted by Gasteiger charge is 2.13. The lowest BCUT2D eigenvalue weighted by Crippen LogP contribution is -2.29. The standard InChI is InChI=1S/C19H17N2/c1-14-7-9-15(10-8-14)21-12-11-17-16-5-3-4-6-18(16)20(2)19(17)13-21/h3-13H,1-2H3/q+1. The predicted octanol–water partition coefficient (Wildman–Crippen LogP) is 3.92. The van der Waals surface area contributed by atoms with Crippen molar-refractivity contribution in [1.82, 2.24) is 4.57 Å². The number of rotatable bonds is 1. The number of aryl methyl sites for hydroxylation is 2. The summed E-state index contributed by atoms with van der Waals surface area (Å²) in [6, 6.07) is 19.4. The van der Waals surface area contributed by atoms with E-state index in [1.807, 2.05) is 0 Å². The SMILES string of the molecule is Cc1ccc(-[n+]2ccc3c4ccccc4n(C)c3c2)cc1. The summed E-state index contributed by atoms with van der Waals surface area (Å²) in [4.78, 5) is 0. The first-order valence-electron chi connectivity index (χ1n) is 7.19. The van der Waals surface area contributed by atoms with Crippen LogP contribution in [0.3, 0.4) is 0 Å². The summed E-state index contributed by atoms with van der Waals surface area (Å²) >= 11 is 0. The fraction of sp³-hybridized carbons (Fsp3) is 0.105. The molecule has 0 unspecified atom stereocenters. The molecule has 2 nitrogen and oxygen atoms in total. The van der Waals surface area contributed by atoms with Gasteiger partial charge in [-0.1, -0.05) is 35.9 Å². The fourth-order valence-corrected chi connectivity index (χ4v) is 2.98. The topological polar surface area (TPSA) is 8.81 Å². The average Bonchev–Trinajstić information content (AvgIpc) is 2.81. The summed E-state index contributed by atoms with van der Waals surface area (Å²) in [6.45, 7) is 2.11. The lowest BCUT2D eigenvalue weighted by molar-refractivity contribution is -0.594. The minimum atomic E-state index is 1.19. The van der Waals surface area contributed by atoms with Crippen LogP contribution in [0.25, 0.3) is 27.5 Å². The molecule has 0 fully saturated rings. The maximum absolute atomic E-state index is 2.26. The Morgan fingerprint density at radius 1 is 0.810 bits per heavy atom. The molecule has 0 aliphatic rings. The molecule has 0 bridgehead atoms. The molecule has 0 amide bonds. The van der Waals surface area contributed by atoms with Gasteiger partial charge in [-0.05, 0) is 13.0 Å². The maximum Gasteiger partial charge on any atom is 0.210 e. The molecular weight excluding hydrogens is 256 g/mol. The number of hydrogen-bond donors (Lipinski definition) is 0. The summed E-state index contributed by atoms with van der Waals surface area (Å²) < 4.78 is 4.44. The Morgan fingerprint density at radius 2 is 1.52 bits per heavy atom. The minimum absolute atomic E-state index is 1.19. The van der Waals surface area contributed by atoms with Crippen LogP contribution in [0.1, 0.15) is 5.56 Å². The predicted molar refractivity (Wildman–Crippen MR) is 86.7 cm³/mol. The molecule has 0 aliphatic heterocycles. The second-order valence-corrected chi connectivity index (χ2v) is 5.56. The van der Waals surface area contributed by atoms with Crippen LogP contribution in [0.2, 0.25) is 0 Å². The molecule has 102 valence electrons. The molecular formula is C19H17N2+. The second-order valence-electron chi connectivity index (χ2n) is 5.56. The zero-order valence-electron chi connectivity index (χ0n) is 12.2. The molecule has 0 N–H and O–H groups in total. The van der Waals surface area contributed by atoms with Crippen molar-refractivity contribution in [3.8, 4) is 5.69 Å². The van der Waals surface area contributed by atoms with Gasteiger partial charge < -0.3 is 4.57 Å². The average molecular weight is 273 g/mol. The summed E-state index contributed by atoms with van der Waals surface area (Å²) in [5.41, 5.74) is 4.99. The zero-order chi connectivity index (χ0) is 14.4. The van der Waals surface area contributed by atoms with Crippen LogP contribution >= 0.6 is 0 Å². The number of pyridine rings is 1. The zero-order valence-corrected chi connectivity index (χ0v) is 12.2. The van der Waals surface area contributed by atoms with Crippen molar-refractivity contribution < 1.29 is 4.57 Å². The van der Waals surface area contributed by atoms with E-state index in [4.69, 9.17) is 0 Å². The molecule has 2 aromatic carbocycles. The van der Waals surface area contributed by atoms with Crippen molar-refractivity contribution in [3.63, 3.8) is 0 Å². The normalized spacial score (nSPS) is 11.3. The van der Waals surface area contributed by atoms with Crippen LogP contribution < -0.4 is 4.57 Å². The molecule has 21 heavy (non-hydrogen) atoms. The van der Waals surface area contributed by atoms with E-state index < -0.39 is 0 Å². The van der Waals surface area contributed by atoms with Gasteiger partial charge in [-0.15, -0.1) is 0 Å². The smallest absolute Gasteiger partial charge is 0.210 e. The van der Waals surface area contributed by atoms with E-state index in [2.05, 4.69) is 90.1 Å². The Labute approximate surface area is 123 Å². The summed E-state index contributed by atoms with van der Waals surface area (Å²) in [6.07, 6.45) is 4.35. The van der Waals surface area contributed by atoms with Crippen molar-refractivity contribution in [2.24, 2.45) is 7.05 Å². The van der Waals surface area contributed by atoms with Crippen molar-refractivity contribution in [1.29, 1.82) is 0 Å². The number of aromatic nitrogens is 2. The Bertz CT molecular complexity index is 947. The first kappa shape index (κ1) is 12.2. The number of hydrogen-bond acceptors (Lipinski definition) is 0. The molecule has 0 aliphatic carbocycles. The number of fused-ring (bicyclic) bond motifs is 3. The van der Waals surface area contributed by atoms with Crippen LogP contribution in [0.4, 0.5) is 0 Å². The molecule has 0 saturated carbocycles. The third-order valence-electron chi connectivity index (χ3n) is 4.19. The van der Waals surface area contributed by atoms with E-state index in [1.54, 1.807) is 0 Å². The Kier molecular flexibility index (Phi) is 2.58. The van der Waals surface area contributed by atoms with Gasteiger partial charge in [-0.25, -0.2) is 0 Å². The monoisotopic (exact) mass is 273 g/mol. The highest BCUT2D eigenvalue weighted by Crippen LogP contribution is 2.26. The van der Waals surface area contributed by atoms with Gasteiger partial charge in [0.25, 0.3) is 0 Å². The van der Waals surface area contributed by atoms with E-state index >= 15 is 0 Å². The largest absolute Gasteiger partial charge is 0.339 e. The fourth-order valence-electron chi connectivity index (χ4n) is 2.98. The summed E-state index contributed by atoms with van der Waals surface area (Å²) in [5.74, 6) is 0. The lowest BCUT2D eigenvalue weighted by Gasteiger charge is -1.99. The van der Waals surface area contributed by atoms with E-state index in [-0.39, 0.29) is 0 Å². The van der Waals surface area contributed by atoms with E-state index in [1.165, 1.54) is 33.1 Å². The number of para-hydroxylation sites is 1. The van der Waals surface area contributed by atoms with Gasteiger partial charge in [0.15, 0.2) is 12.4 Å². The van der Waals surface area contributed by atoms with E-state index in [9.17, 15) is 0 Å². The molecule has 0 spiro atoms. The van der Waals surface area contributed by atoms with Gasteiger partial charge in [0.1, 0.15) is 5.52 Å². The van der Waals surface area contributed by atoms with E-state index in [0.717, 1.165) is 0 Å². The molecule has 2 heterocycles. The second kappa shape index (κ2) is 4.45. The highest BCUT2D eigenvalue weighted by atomic mass is 15.0. The van der Waals surface area contributed by atoms with Crippen molar-refractivity contribution in [2.75, 3.05) is 0 Å². The van der Waals surface area contributed by atoms with Crippen molar-refractivity contribution in [2.45, 2.75) is 6.92 Å². The Hall–Kier alpha value is -2.61. The van der Waals surface area contributed by atoms with E-state index in [0.29, 0.717) is 0 Å². The van der Waals surface area contributed by atoms with Gasteiger partial charge in [-0.3, -0.25) is 0 Å². The van der Waals surface area contributed by atoms with Crippen molar-refractivity contribution >= 4 is 21.8 Å². The Balaban J connectivity index is 2.00. The molecule has 0 radical (unpaired) electrons. The third kappa shape index (κ3) is 1.83. The summed E-state index contributed by atoms with van der Waals surface area (Å²) in [7, 11) is 2.13. The quantitative estimate of drug-likeness (QED) is 0.465. The van der Waals surface area contributed by atoms with Gasteiger partial charge >= 0.3 is 0 Å². The van der Waals surface area contributed by atoms with Crippen LogP contribution in [-0.2, 0) is 7.05 Å².